The van der Waals surface area contributed by atoms with Crippen LogP contribution >= 0.6 is 11.6 Å². The van der Waals surface area contributed by atoms with Gasteiger partial charge in [-0.25, -0.2) is 13.2 Å². The van der Waals surface area contributed by atoms with Crippen molar-refractivity contribution in [1.82, 2.24) is 0 Å². The minimum absolute atomic E-state index is 0.136. The summed E-state index contributed by atoms with van der Waals surface area (Å²) in [4.78, 5) is 11.1. The van der Waals surface area contributed by atoms with Crippen molar-refractivity contribution in [2.24, 2.45) is 11.5 Å². The molecule has 0 aliphatic rings. The molecule has 22 heavy (non-hydrogen) atoms. The highest BCUT2D eigenvalue weighted by Crippen LogP contribution is 2.18. The normalized spacial score (nSPS) is 12.8. The standard InChI is InChI=1S/C14H21ClN2O4S/c15-11-5-7-13(8-6-11)22(19,20)10-12(21-14(17)18)4-2-1-3-9-16/h5-8,12H,1-4,9-10,16H2,(H2,17,18). The number of hydrogen-bond donors (Lipinski definition) is 2. The maximum absolute atomic E-state index is 12.3. The Bertz CT molecular complexity index is 575. The predicted octanol–water partition coefficient (Wildman–Crippen LogP) is 2.10. The molecular weight excluding hydrogens is 328 g/mol. The van der Waals surface area contributed by atoms with E-state index in [1.54, 1.807) is 0 Å². The summed E-state index contributed by atoms with van der Waals surface area (Å²) < 4.78 is 29.6. The first-order chi connectivity index (χ1) is 10.3. The van der Waals surface area contributed by atoms with Gasteiger partial charge in [-0.15, -0.1) is 0 Å². The van der Waals surface area contributed by atoms with Gasteiger partial charge in [-0.2, -0.15) is 0 Å². The van der Waals surface area contributed by atoms with E-state index < -0.39 is 22.0 Å². The number of unbranched alkanes of at least 4 members (excludes halogenated alkanes) is 2. The van der Waals surface area contributed by atoms with Gasteiger partial charge in [0.1, 0.15) is 6.10 Å². The second-order valence-corrected chi connectivity index (χ2v) is 7.40. The lowest BCUT2D eigenvalue weighted by Crippen LogP contribution is -2.29. The van der Waals surface area contributed by atoms with Crippen LogP contribution in [0, 0.1) is 0 Å². The molecule has 0 saturated heterocycles. The third-order valence-corrected chi connectivity index (χ3v) is 5.14. The van der Waals surface area contributed by atoms with Crippen LogP contribution in [-0.4, -0.2) is 32.9 Å². The number of primary amides is 1. The smallest absolute Gasteiger partial charge is 0.404 e. The van der Waals surface area contributed by atoms with Crippen molar-refractivity contribution in [3.8, 4) is 0 Å². The first-order valence-electron chi connectivity index (χ1n) is 6.99. The number of amides is 1. The zero-order chi connectivity index (χ0) is 16.6. The molecule has 0 bridgehead atoms. The van der Waals surface area contributed by atoms with E-state index in [0.717, 1.165) is 12.8 Å². The largest absolute Gasteiger partial charge is 0.445 e. The lowest BCUT2D eigenvalue weighted by Gasteiger charge is -2.16. The highest BCUT2D eigenvalue weighted by atomic mass is 35.5. The fourth-order valence-electron chi connectivity index (χ4n) is 2.02. The summed E-state index contributed by atoms with van der Waals surface area (Å²) >= 11 is 5.74. The van der Waals surface area contributed by atoms with Crippen LogP contribution in [0.2, 0.25) is 5.02 Å². The van der Waals surface area contributed by atoms with Crippen LogP contribution in [0.15, 0.2) is 29.2 Å². The highest BCUT2D eigenvalue weighted by molar-refractivity contribution is 7.91. The number of halogens is 1. The van der Waals surface area contributed by atoms with Gasteiger partial charge in [0.15, 0.2) is 9.84 Å². The third-order valence-electron chi connectivity index (χ3n) is 3.09. The van der Waals surface area contributed by atoms with Crippen molar-refractivity contribution < 1.29 is 17.9 Å². The average molecular weight is 349 g/mol. The van der Waals surface area contributed by atoms with Crippen molar-refractivity contribution in [2.75, 3.05) is 12.3 Å². The molecule has 1 amide bonds. The topological polar surface area (TPSA) is 112 Å². The molecule has 1 unspecified atom stereocenters. The van der Waals surface area contributed by atoms with Crippen LogP contribution in [-0.2, 0) is 14.6 Å². The number of hydrogen-bond acceptors (Lipinski definition) is 5. The van der Waals surface area contributed by atoms with Crippen LogP contribution in [0.5, 0.6) is 0 Å². The van der Waals surface area contributed by atoms with Crippen molar-refractivity contribution in [2.45, 2.75) is 36.7 Å². The van der Waals surface area contributed by atoms with Crippen LogP contribution < -0.4 is 11.5 Å². The fourth-order valence-corrected chi connectivity index (χ4v) is 3.61. The maximum Gasteiger partial charge on any atom is 0.404 e. The van der Waals surface area contributed by atoms with Crippen LogP contribution in [0.4, 0.5) is 4.79 Å². The fraction of sp³-hybridized carbons (Fsp3) is 0.500. The van der Waals surface area contributed by atoms with E-state index in [2.05, 4.69) is 0 Å². The molecule has 1 rings (SSSR count). The minimum Gasteiger partial charge on any atom is -0.445 e. The minimum atomic E-state index is -3.58. The lowest BCUT2D eigenvalue weighted by atomic mass is 10.1. The molecule has 0 radical (unpaired) electrons. The van der Waals surface area contributed by atoms with Gasteiger partial charge >= 0.3 is 6.09 Å². The Kier molecular flexibility index (Phi) is 7.64. The number of sulfone groups is 1. The SMILES string of the molecule is NCCCCCC(CS(=O)(=O)c1ccc(Cl)cc1)OC(N)=O. The van der Waals surface area contributed by atoms with Crippen molar-refractivity contribution in [1.29, 1.82) is 0 Å². The molecule has 4 N–H and O–H groups in total. The zero-order valence-electron chi connectivity index (χ0n) is 12.2. The average Bonchev–Trinajstić information content (AvgIpc) is 2.43. The zero-order valence-corrected chi connectivity index (χ0v) is 13.8. The molecule has 1 aromatic carbocycles. The summed E-state index contributed by atoms with van der Waals surface area (Å²) in [6, 6.07) is 5.85. The summed E-state index contributed by atoms with van der Waals surface area (Å²) in [5, 5.41) is 0.450. The molecule has 0 aliphatic carbocycles. The lowest BCUT2D eigenvalue weighted by molar-refractivity contribution is 0.111. The molecule has 6 nitrogen and oxygen atoms in total. The molecule has 8 heteroatoms. The number of nitrogens with two attached hydrogens (primary N) is 2. The van der Waals surface area contributed by atoms with E-state index in [0.29, 0.717) is 24.4 Å². The number of carbonyl (C=O) groups excluding carboxylic acids is 1. The van der Waals surface area contributed by atoms with Gasteiger partial charge in [0.2, 0.25) is 0 Å². The van der Waals surface area contributed by atoms with Gasteiger partial charge < -0.3 is 16.2 Å². The van der Waals surface area contributed by atoms with Gasteiger partial charge in [0.25, 0.3) is 0 Å². The van der Waals surface area contributed by atoms with E-state index in [9.17, 15) is 13.2 Å². The summed E-state index contributed by atoms with van der Waals surface area (Å²) in [5.74, 6) is -0.305. The molecule has 0 fully saturated rings. The Morgan fingerprint density at radius 3 is 2.36 bits per heavy atom. The second-order valence-electron chi connectivity index (χ2n) is 4.93. The van der Waals surface area contributed by atoms with Crippen molar-refractivity contribution in [3.05, 3.63) is 29.3 Å². The van der Waals surface area contributed by atoms with Crippen molar-refractivity contribution >= 4 is 27.5 Å². The highest BCUT2D eigenvalue weighted by Gasteiger charge is 2.23. The predicted molar refractivity (Wildman–Crippen MR) is 85.5 cm³/mol. The number of rotatable bonds is 9. The van der Waals surface area contributed by atoms with Crippen molar-refractivity contribution in [3.63, 3.8) is 0 Å². The first-order valence-corrected chi connectivity index (χ1v) is 9.02. The van der Waals surface area contributed by atoms with Gasteiger partial charge in [-0.3, -0.25) is 0 Å². The summed E-state index contributed by atoms with van der Waals surface area (Å²) in [5.41, 5.74) is 10.4. The van der Waals surface area contributed by atoms with Gasteiger partial charge in [-0.1, -0.05) is 18.0 Å². The van der Waals surface area contributed by atoms with Crippen LogP contribution in [0.25, 0.3) is 0 Å². The Balaban J connectivity index is 2.73. The molecule has 1 atom stereocenters. The Hall–Kier alpha value is -1.31. The monoisotopic (exact) mass is 348 g/mol. The van der Waals surface area contributed by atoms with Gasteiger partial charge in [0.05, 0.1) is 10.6 Å². The molecule has 0 aromatic heterocycles. The van der Waals surface area contributed by atoms with E-state index >= 15 is 0 Å². The summed E-state index contributed by atoms with van der Waals surface area (Å²) in [7, 11) is -3.58. The van der Waals surface area contributed by atoms with E-state index in [4.69, 9.17) is 27.8 Å². The Morgan fingerprint density at radius 1 is 1.18 bits per heavy atom. The molecule has 1 aromatic rings. The van der Waals surface area contributed by atoms with E-state index in [1.165, 1.54) is 24.3 Å². The number of carbonyl (C=O) groups is 1. The summed E-state index contributed by atoms with van der Waals surface area (Å²) in [6.45, 7) is 0.574. The molecular formula is C14H21ClN2O4S. The molecule has 0 spiro atoms. The number of benzene rings is 1. The third kappa shape index (κ3) is 6.64. The van der Waals surface area contributed by atoms with Gasteiger partial charge in [0, 0.05) is 5.02 Å². The molecule has 124 valence electrons. The molecule has 0 aliphatic heterocycles. The first kappa shape index (κ1) is 18.7. The number of ether oxygens (including phenoxy) is 1. The second kappa shape index (κ2) is 8.97. The summed E-state index contributed by atoms with van der Waals surface area (Å²) in [6.07, 6.45) is 1.08. The van der Waals surface area contributed by atoms with Crippen LogP contribution in [0.3, 0.4) is 0 Å². The quantitative estimate of drug-likeness (QED) is 0.663. The van der Waals surface area contributed by atoms with E-state index in [1.807, 2.05) is 0 Å². The van der Waals surface area contributed by atoms with Gasteiger partial charge in [-0.05, 0) is 50.1 Å². The molecule has 0 heterocycles. The maximum atomic E-state index is 12.3. The molecule has 0 saturated carbocycles. The Labute approximate surface area is 135 Å². The van der Waals surface area contributed by atoms with Crippen LogP contribution in [0.1, 0.15) is 25.7 Å². The Morgan fingerprint density at radius 2 is 1.82 bits per heavy atom. The van der Waals surface area contributed by atoms with E-state index in [-0.39, 0.29) is 10.6 Å².